The molecule has 0 fully saturated rings. The molecule has 2 rings (SSSR count). The predicted octanol–water partition coefficient (Wildman–Crippen LogP) is 4.19. The Labute approximate surface area is 133 Å². The van der Waals surface area contributed by atoms with E-state index in [1.165, 1.54) is 11.1 Å². The van der Waals surface area contributed by atoms with E-state index in [-0.39, 0.29) is 0 Å². The topological polar surface area (TPSA) is 29.3 Å². The molecule has 0 atom stereocenters. The Morgan fingerprint density at radius 1 is 1.10 bits per heavy atom. The van der Waals surface area contributed by atoms with Crippen molar-refractivity contribution in [3.05, 3.63) is 68.7 Å². The standard InChI is InChI=1S/C16H18BrClN2/c1-20(10-13-3-2-4-15(18)7-13)11-14-6-5-12(9-19)8-16(14)17/h2-8H,9-11,19H2,1H3. The van der Waals surface area contributed by atoms with Crippen LogP contribution in [0.5, 0.6) is 0 Å². The minimum absolute atomic E-state index is 0.567. The maximum Gasteiger partial charge on any atom is 0.0409 e. The monoisotopic (exact) mass is 352 g/mol. The molecule has 0 aliphatic carbocycles. The zero-order chi connectivity index (χ0) is 14.5. The third kappa shape index (κ3) is 4.32. The molecule has 0 bridgehead atoms. The first-order valence-corrected chi connectivity index (χ1v) is 7.66. The third-order valence-corrected chi connectivity index (χ3v) is 4.11. The third-order valence-electron chi connectivity index (χ3n) is 3.13. The number of halogens is 2. The molecule has 2 aromatic rings. The molecule has 2 nitrogen and oxygen atoms in total. The lowest BCUT2D eigenvalue weighted by Crippen LogP contribution is -2.17. The summed E-state index contributed by atoms with van der Waals surface area (Å²) in [5.74, 6) is 0. The van der Waals surface area contributed by atoms with E-state index < -0.39 is 0 Å². The van der Waals surface area contributed by atoms with E-state index in [0.717, 1.165) is 28.1 Å². The van der Waals surface area contributed by atoms with Crippen LogP contribution in [0.25, 0.3) is 0 Å². The van der Waals surface area contributed by atoms with Crippen LogP contribution in [0.15, 0.2) is 46.9 Å². The van der Waals surface area contributed by atoms with Crippen molar-refractivity contribution in [2.75, 3.05) is 7.05 Å². The van der Waals surface area contributed by atoms with Crippen LogP contribution in [0, 0.1) is 0 Å². The van der Waals surface area contributed by atoms with E-state index in [4.69, 9.17) is 17.3 Å². The molecule has 20 heavy (non-hydrogen) atoms. The first-order valence-electron chi connectivity index (χ1n) is 6.49. The summed E-state index contributed by atoms with van der Waals surface area (Å²) in [6.45, 7) is 2.31. The van der Waals surface area contributed by atoms with Crippen LogP contribution in [0.4, 0.5) is 0 Å². The van der Waals surface area contributed by atoms with Crippen LogP contribution >= 0.6 is 27.5 Å². The number of nitrogens with two attached hydrogens (primary N) is 1. The average molecular weight is 354 g/mol. The Bertz CT molecular complexity index is 586. The van der Waals surface area contributed by atoms with Gasteiger partial charge in [0.25, 0.3) is 0 Å². The Morgan fingerprint density at radius 2 is 1.90 bits per heavy atom. The highest BCUT2D eigenvalue weighted by molar-refractivity contribution is 9.10. The summed E-state index contributed by atoms with van der Waals surface area (Å²) in [5, 5.41) is 0.782. The van der Waals surface area contributed by atoms with Crippen molar-refractivity contribution in [2.24, 2.45) is 5.73 Å². The molecule has 0 aliphatic rings. The summed E-state index contributed by atoms with van der Waals surface area (Å²) in [6.07, 6.45) is 0. The fraction of sp³-hybridized carbons (Fsp3) is 0.250. The van der Waals surface area contributed by atoms with Crippen molar-refractivity contribution in [2.45, 2.75) is 19.6 Å². The van der Waals surface area contributed by atoms with Gasteiger partial charge in [0.2, 0.25) is 0 Å². The van der Waals surface area contributed by atoms with Gasteiger partial charge in [-0.15, -0.1) is 0 Å². The minimum atomic E-state index is 0.567. The normalized spacial score (nSPS) is 11.1. The van der Waals surface area contributed by atoms with E-state index in [1.54, 1.807) is 0 Å². The number of hydrogen-bond acceptors (Lipinski definition) is 2. The van der Waals surface area contributed by atoms with Gasteiger partial charge in [0.05, 0.1) is 0 Å². The summed E-state index contributed by atoms with van der Waals surface area (Å²) in [7, 11) is 2.10. The maximum absolute atomic E-state index is 6.01. The van der Waals surface area contributed by atoms with Gasteiger partial charge in [0.15, 0.2) is 0 Å². The zero-order valence-corrected chi connectivity index (χ0v) is 13.8. The zero-order valence-electron chi connectivity index (χ0n) is 11.4. The van der Waals surface area contributed by atoms with Gasteiger partial charge < -0.3 is 5.73 Å². The minimum Gasteiger partial charge on any atom is -0.326 e. The smallest absolute Gasteiger partial charge is 0.0409 e. The molecular weight excluding hydrogens is 336 g/mol. The van der Waals surface area contributed by atoms with Crippen molar-refractivity contribution >= 4 is 27.5 Å². The fourth-order valence-electron chi connectivity index (χ4n) is 2.14. The predicted molar refractivity (Wildman–Crippen MR) is 88.7 cm³/mol. The Morgan fingerprint density at radius 3 is 2.55 bits per heavy atom. The van der Waals surface area contributed by atoms with E-state index in [0.29, 0.717) is 6.54 Å². The lowest BCUT2D eigenvalue weighted by molar-refractivity contribution is 0.318. The summed E-state index contributed by atoms with van der Waals surface area (Å²) in [6, 6.07) is 14.3. The molecule has 0 saturated carbocycles. The molecule has 4 heteroatoms. The van der Waals surface area contributed by atoms with Crippen LogP contribution < -0.4 is 5.73 Å². The molecule has 0 aliphatic heterocycles. The second-order valence-corrected chi connectivity index (χ2v) is 6.22. The lowest BCUT2D eigenvalue weighted by atomic mass is 10.1. The number of nitrogens with zero attached hydrogens (tertiary/aromatic N) is 1. The molecule has 0 unspecified atom stereocenters. The Balaban J connectivity index is 2.02. The number of benzene rings is 2. The number of rotatable bonds is 5. The Hall–Kier alpha value is -0.870. The summed E-state index contributed by atoms with van der Waals surface area (Å²) in [5.41, 5.74) is 9.25. The molecule has 0 radical (unpaired) electrons. The largest absolute Gasteiger partial charge is 0.326 e. The first-order chi connectivity index (χ1) is 9.58. The van der Waals surface area contributed by atoms with Gasteiger partial charge in [-0.2, -0.15) is 0 Å². The molecule has 0 saturated heterocycles. The lowest BCUT2D eigenvalue weighted by Gasteiger charge is -2.18. The van der Waals surface area contributed by atoms with Crippen LogP contribution in [0.3, 0.4) is 0 Å². The average Bonchev–Trinajstić information content (AvgIpc) is 2.41. The van der Waals surface area contributed by atoms with Gasteiger partial charge in [-0.1, -0.05) is 51.8 Å². The van der Waals surface area contributed by atoms with Crippen LogP contribution in [-0.2, 0) is 19.6 Å². The Kier molecular flexibility index (Phi) is 5.61. The van der Waals surface area contributed by atoms with Crippen molar-refractivity contribution in [3.8, 4) is 0 Å². The van der Waals surface area contributed by atoms with Crippen LogP contribution in [0.1, 0.15) is 16.7 Å². The quantitative estimate of drug-likeness (QED) is 0.873. The van der Waals surface area contributed by atoms with E-state index in [9.17, 15) is 0 Å². The van der Waals surface area contributed by atoms with Gasteiger partial charge in [0, 0.05) is 29.1 Å². The van der Waals surface area contributed by atoms with Crippen molar-refractivity contribution in [1.29, 1.82) is 0 Å². The second-order valence-electron chi connectivity index (χ2n) is 4.93. The van der Waals surface area contributed by atoms with Crippen molar-refractivity contribution in [1.82, 2.24) is 4.90 Å². The van der Waals surface area contributed by atoms with Crippen LogP contribution in [0.2, 0.25) is 5.02 Å². The van der Waals surface area contributed by atoms with Gasteiger partial charge in [-0.05, 0) is 41.9 Å². The highest BCUT2D eigenvalue weighted by atomic mass is 79.9. The summed E-state index contributed by atoms with van der Waals surface area (Å²) >= 11 is 9.62. The molecule has 2 N–H and O–H groups in total. The molecular formula is C16H18BrClN2. The van der Waals surface area contributed by atoms with E-state index >= 15 is 0 Å². The molecule has 106 valence electrons. The molecule has 0 amide bonds. The van der Waals surface area contributed by atoms with E-state index in [1.807, 2.05) is 18.2 Å². The molecule has 0 aromatic heterocycles. The highest BCUT2D eigenvalue weighted by Gasteiger charge is 2.06. The van der Waals surface area contributed by atoms with Crippen molar-refractivity contribution < 1.29 is 0 Å². The molecule has 0 heterocycles. The molecule has 2 aromatic carbocycles. The summed E-state index contributed by atoms with van der Waals surface area (Å²) in [4.78, 5) is 2.26. The van der Waals surface area contributed by atoms with Gasteiger partial charge in [-0.25, -0.2) is 0 Å². The first kappa shape index (κ1) is 15.5. The molecule has 0 spiro atoms. The van der Waals surface area contributed by atoms with Gasteiger partial charge in [0.1, 0.15) is 0 Å². The van der Waals surface area contributed by atoms with E-state index in [2.05, 4.69) is 52.1 Å². The maximum atomic E-state index is 6.01. The summed E-state index contributed by atoms with van der Waals surface area (Å²) < 4.78 is 1.11. The van der Waals surface area contributed by atoms with Gasteiger partial charge in [-0.3, -0.25) is 4.90 Å². The SMILES string of the molecule is CN(Cc1cccc(Cl)c1)Cc1ccc(CN)cc1Br. The second kappa shape index (κ2) is 7.23. The van der Waals surface area contributed by atoms with Crippen molar-refractivity contribution in [3.63, 3.8) is 0 Å². The highest BCUT2D eigenvalue weighted by Crippen LogP contribution is 2.21. The van der Waals surface area contributed by atoms with Crippen LogP contribution in [-0.4, -0.2) is 11.9 Å². The number of hydrogen-bond donors (Lipinski definition) is 1. The van der Waals surface area contributed by atoms with Gasteiger partial charge >= 0.3 is 0 Å². The fourth-order valence-corrected chi connectivity index (χ4v) is 2.90.